The Balaban J connectivity index is 3.75. The van der Waals surface area contributed by atoms with Gasteiger partial charge in [-0.15, -0.1) is 0 Å². The summed E-state index contributed by atoms with van der Waals surface area (Å²) in [5, 5.41) is 16.7. The van der Waals surface area contributed by atoms with E-state index in [-0.39, 0.29) is 13.0 Å². The van der Waals surface area contributed by atoms with Gasteiger partial charge in [0, 0.05) is 12.5 Å². The summed E-state index contributed by atoms with van der Waals surface area (Å²) in [4.78, 5) is 20.8. The maximum Gasteiger partial charge on any atom is 0.330 e. The number of aliphatic carboxylic acids is 1. The van der Waals surface area contributed by atoms with E-state index in [2.05, 4.69) is 11.3 Å². The summed E-state index contributed by atoms with van der Waals surface area (Å²) in [7, 11) is 0. The fourth-order valence-electron chi connectivity index (χ4n) is 0.580. The molecule has 0 saturated carbocycles. The van der Waals surface area contributed by atoms with E-state index in [0.717, 1.165) is 6.08 Å². The minimum absolute atomic E-state index is 0.00852. The normalized spacial score (nSPS) is 11.0. The van der Waals surface area contributed by atoms with Crippen molar-refractivity contribution in [2.45, 2.75) is 6.42 Å². The van der Waals surface area contributed by atoms with Gasteiger partial charge in [0.05, 0.1) is 12.7 Å². The highest BCUT2D eigenvalue weighted by Gasteiger charge is 2.16. The molecular weight excluding hydrogens is 174 g/mol. The Morgan fingerprint density at radius 2 is 2.31 bits per heavy atom. The number of hydrogen-bond acceptors (Lipinski definition) is 4. The van der Waals surface area contributed by atoms with Crippen molar-refractivity contribution in [1.29, 1.82) is 5.26 Å². The van der Waals surface area contributed by atoms with Crippen LogP contribution in [0.5, 0.6) is 0 Å². The molecule has 0 aromatic rings. The Bertz CT molecular complexity index is 253. The molecule has 1 atom stereocenters. The third-order valence-corrected chi connectivity index (χ3v) is 1.27. The largest absolute Gasteiger partial charge is 0.480 e. The third-order valence-electron chi connectivity index (χ3n) is 1.27. The minimum atomic E-state index is -1.21. The minimum Gasteiger partial charge on any atom is -0.480 e. The van der Waals surface area contributed by atoms with Gasteiger partial charge in [-0.3, -0.25) is 4.79 Å². The van der Waals surface area contributed by atoms with Crippen LogP contribution in [0.4, 0.5) is 0 Å². The van der Waals surface area contributed by atoms with E-state index in [1.165, 1.54) is 0 Å². The lowest BCUT2D eigenvalue weighted by atomic mass is 10.1. The number of hydrogen-bond donors (Lipinski definition) is 1. The van der Waals surface area contributed by atoms with Gasteiger partial charge >= 0.3 is 11.9 Å². The predicted molar refractivity (Wildman–Crippen MR) is 42.5 cm³/mol. The van der Waals surface area contributed by atoms with E-state index < -0.39 is 17.9 Å². The molecule has 5 heteroatoms. The first-order valence-corrected chi connectivity index (χ1v) is 3.53. The van der Waals surface area contributed by atoms with E-state index in [9.17, 15) is 9.59 Å². The van der Waals surface area contributed by atoms with Crippen molar-refractivity contribution in [1.82, 2.24) is 0 Å². The van der Waals surface area contributed by atoms with Gasteiger partial charge in [-0.25, -0.2) is 4.79 Å². The molecule has 0 aromatic carbocycles. The zero-order chi connectivity index (χ0) is 10.3. The van der Waals surface area contributed by atoms with Crippen LogP contribution in [0.3, 0.4) is 0 Å². The first-order valence-electron chi connectivity index (χ1n) is 3.53. The number of ether oxygens (including phenoxy) is 1. The van der Waals surface area contributed by atoms with E-state index in [0.29, 0.717) is 0 Å². The lowest BCUT2D eigenvalue weighted by molar-refractivity contribution is -0.143. The molecule has 0 rings (SSSR count). The van der Waals surface area contributed by atoms with Crippen LogP contribution < -0.4 is 0 Å². The standard InChI is InChI=1S/C8H9NO4/c1-2-7(10)13-4-3-6(5-9)8(11)12/h2,6H,1,3-4H2,(H,11,12). The second kappa shape index (κ2) is 5.77. The van der Waals surface area contributed by atoms with Crippen molar-refractivity contribution >= 4 is 11.9 Å². The summed E-state index contributed by atoms with van der Waals surface area (Å²) in [6.45, 7) is 3.07. The van der Waals surface area contributed by atoms with Gasteiger partial charge < -0.3 is 9.84 Å². The maximum atomic E-state index is 10.5. The van der Waals surface area contributed by atoms with Crippen LogP contribution in [-0.2, 0) is 14.3 Å². The molecule has 0 aliphatic carbocycles. The lowest BCUT2D eigenvalue weighted by Crippen LogP contribution is -2.15. The summed E-state index contributed by atoms with van der Waals surface area (Å²) >= 11 is 0. The molecule has 0 saturated heterocycles. The van der Waals surface area contributed by atoms with E-state index in [4.69, 9.17) is 10.4 Å². The number of carbonyl (C=O) groups excluding carboxylic acids is 1. The number of carboxylic acid groups (broad SMARTS) is 1. The Morgan fingerprint density at radius 3 is 2.69 bits per heavy atom. The van der Waals surface area contributed by atoms with Crippen LogP contribution in [0.1, 0.15) is 6.42 Å². The van der Waals surface area contributed by atoms with Crippen molar-refractivity contribution in [3.8, 4) is 6.07 Å². The number of nitriles is 1. The highest BCUT2D eigenvalue weighted by atomic mass is 16.5. The SMILES string of the molecule is C=CC(=O)OCCC(C#N)C(=O)O. The van der Waals surface area contributed by atoms with Crippen LogP contribution >= 0.6 is 0 Å². The van der Waals surface area contributed by atoms with Gasteiger partial charge in [-0.1, -0.05) is 6.58 Å². The molecule has 0 fully saturated rings. The molecule has 0 spiro atoms. The summed E-state index contributed by atoms with van der Waals surface area (Å²) in [5.41, 5.74) is 0. The fraction of sp³-hybridized carbons (Fsp3) is 0.375. The van der Waals surface area contributed by atoms with Crippen molar-refractivity contribution in [3.63, 3.8) is 0 Å². The molecule has 0 radical (unpaired) electrons. The molecule has 5 nitrogen and oxygen atoms in total. The smallest absolute Gasteiger partial charge is 0.330 e. The van der Waals surface area contributed by atoms with Crippen molar-refractivity contribution in [3.05, 3.63) is 12.7 Å². The number of nitrogens with zero attached hydrogens (tertiary/aromatic N) is 1. The highest BCUT2D eigenvalue weighted by molar-refractivity contribution is 5.81. The molecule has 13 heavy (non-hydrogen) atoms. The summed E-state index contributed by atoms with van der Waals surface area (Å²) in [6, 6.07) is 1.58. The molecular formula is C8H9NO4. The number of esters is 1. The van der Waals surface area contributed by atoms with Crippen molar-refractivity contribution in [2.75, 3.05) is 6.61 Å². The molecule has 0 amide bonds. The highest BCUT2D eigenvalue weighted by Crippen LogP contribution is 2.01. The molecule has 0 bridgehead atoms. The third kappa shape index (κ3) is 4.58. The number of carboxylic acids is 1. The van der Waals surface area contributed by atoms with Crippen LogP contribution in [0.15, 0.2) is 12.7 Å². The van der Waals surface area contributed by atoms with Crippen LogP contribution in [0, 0.1) is 17.2 Å². The van der Waals surface area contributed by atoms with Crippen molar-refractivity contribution in [2.24, 2.45) is 5.92 Å². The second-order valence-corrected chi connectivity index (χ2v) is 2.18. The molecule has 0 aliphatic heterocycles. The first-order chi connectivity index (χ1) is 6.11. The second-order valence-electron chi connectivity index (χ2n) is 2.18. The summed E-state index contributed by atoms with van der Waals surface area (Å²) in [5.74, 6) is -2.96. The van der Waals surface area contributed by atoms with Gasteiger partial charge in [0.25, 0.3) is 0 Å². The predicted octanol–water partition coefficient (Wildman–Crippen LogP) is 0.330. The fourth-order valence-corrected chi connectivity index (χ4v) is 0.580. The van der Waals surface area contributed by atoms with Gasteiger partial charge in [-0.05, 0) is 0 Å². The van der Waals surface area contributed by atoms with E-state index in [1.54, 1.807) is 6.07 Å². The molecule has 0 aliphatic rings. The molecule has 70 valence electrons. The average Bonchev–Trinajstić information content (AvgIpc) is 2.11. The van der Waals surface area contributed by atoms with Crippen LogP contribution in [0.2, 0.25) is 0 Å². The van der Waals surface area contributed by atoms with Gasteiger partial charge in [0.15, 0.2) is 0 Å². The van der Waals surface area contributed by atoms with E-state index >= 15 is 0 Å². The molecule has 1 unspecified atom stereocenters. The monoisotopic (exact) mass is 183 g/mol. The number of carbonyl (C=O) groups is 2. The zero-order valence-corrected chi connectivity index (χ0v) is 6.90. The maximum absolute atomic E-state index is 10.5. The Morgan fingerprint density at radius 1 is 1.69 bits per heavy atom. The lowest BCUT2D eigenvalue weighted by Gasteiger charge is -2.03. The molecule has 1 N–H and O–H groups in total. The molecule has 0 aromatic heterocycles. The summed E-state index contributed by atoms with van der Waals surface area (Å²) in [6.07, 6.45) is 0.966. The Hall–Kier alpha value is -1.83. The summed E-state index contributed by atoms with van der Waals surface area (Å²) < 4.78 is 4.50. The van der Waals surface area contributed by atoms with Gasteiger partial charge in [0.1, 0.15) is 5.92 Å². The van der Waals surface area contributed by atoms with E-state index in [1.807, 2.05) is 0 Å². The van der Waals surface area contributed by atoms with Crippen LogP contribution in [0.25, 0.3) is 0 Å². The zero-order valence-electron chi connectivity index (χ0n) is 6.90. The average molecular weight is 183 g/mol. The van der Waals surface area contributed by atoms with Crippen molar-refractivity contribution < 1.29 is 19.4 Å². The van der Waals surface area contributed by atoms with Crippen LogP contribution in [-0.4, -0.2) is 23.7 Å². The molecule has 0 heterocycles. The Labute approximate surface area is 75.2 Å². The quantitative estimate of drug-likeness (QED) is 0.490. The Kier molecular flexibility index (Phi) is 4.96. The van der Waals surface area contributed by atoms with Gasteiger partial charge in [-0.2, -0.15) is 5.26 Å². The first kappa shape index (κ1) is 11.2. The van der Waals surface area contributed by atoms with Gasteiger partial charge in [0.2, 0.25) is 0 Å². The topological polar surface area (TPSA) is 87.4 Å². The number of rotatable bonds is 5.